The lowest BCUT2D eigenvalue weighted by Crippen LogP contribution is -1.93. The van der Waals surface area contributed by atoms with Gasteiger partial charge in [0.05, 0.1) is 0 Å². The predicted octanol–water partition coefficient (Wildman–Crippen LogP) is 2.78. The number of rotatable bonds is 2. The van der Waals surface area contributed by atoms with Crippen LogP contribution in [0.4, 0.5) is 0 Å². The molecule has 0 N–H and O–H groups in total. The van der Waals surface area contributed by atoms with E-state index in [1.807, 2.05) is 13.0 Å². The van der Waals surface area contributed by atoms with Crippen LogP contribution in [-0.2, 0) is 0 Å². The van der Waals surface area contributed by atoms with Crippen LogP contribution < -0.4 is 0 Å². The Kier molecular flexibility index (Phi) is 3.57. The summed E-state index contributed by atoms with van der Waals surface area (Å²) in [6, 6.07) is 0. The largest absolute Gasteiger partial charge is 0.115 e. The van der Waals surface area contributed by atoms with Crippen molar-refractivity contribution in [2.24, 2.45) is 5.92 Å². The van der Waals surface area contributed by atoms with Gasteiger partial charge in [0.15, 0.2) is 0 Å². The molecular formula is C10H14. The van der Waals surface area contributed by atoms with Gasteiger partial charge < -0.3 is 0 Å². The maximum Gasteiger partial charge on any atom is 0.0228 e. The summed E-state index contributed by atoms with van der Waals surface area (Å²) in [6.45, 7) is 9.99. The molecule has 0 aromatic carbocycles. The predicted molar refractivity (Wildman–Crippen MR) is 46.6 cm³/mol. The Morgan fingerprint density at radius 2 is 2.10 bits per heavy atom. The lowest BCUT2D eigenvalue weighted by atomic mass is 9.97. The van der Waals surface area contributed by atoms with Gasteiger partial charge in [-0.15, -0.1) is 6.42 Å². The zero-order chi connectivity index (χ0) is 8.15. The second-order valence-electron chi connectivity index (χ2n) is 2.53. The molecule has 0 amide bonds. The van der Waals surface area contributed by atoms with Gasteiger partial charge >= 0.3 is 0 Å². The summed E-state index contributed by atoms with van der Waals surface area (Å²) in [5.41, 5.74) is 1.97. The van der Waals surface area contributed by atoms with Gasteiger partial charge in [-0.2, -0.15) is 0 Å². The molecule has 54 valence electrons. The summed E-state index contributed by atoms with van der Waals surface area (Å²) in [4.78, 5) is 0. The molecule has 0 atom stereocenters. The van der Waals surface area contributed by atoms with E-state index in [1.54, 1.807) is 0 Å². The third-order valence-corrected chi connectivity index (χ3v) is 1.49. The van der Waals surface area contributed by atoms with Crippen molar-refractivity contribution in [2.45, 2.75) is 20.8 Å². The minimum atomic E-state index is 0.447. The lowest BCUT2D eigenvalue weighted by molar-refractivity contribution is 0.788. The summed E-state index contributed by atoms with van der Waals surface area (Å²) < 4.78 is 0. The molecule has 0 radical (unpaired) electrons. The molecule has 0 aromatic heterocycles. The van der Waals surface area contributed by atoms with Crippen LogP contribution in [0.2, 0.25) is 0 Å². The highest BCUT2D eigenvalue weighted by Crippen LogP contribution is 2.15. The smallest absolute Gasteiger partial charge is 0.0228 e. The zero-order valence-electron chi connectivity index (χ0n) is 6.94. The first-order valence-electron chi connectivity index (χ1n) is 3.45. The quantitative estimate of drug-likeness (QED) is 0.402. The molecule has 10 heavy (non-hydrogen) atoms. The van der Waals surface area contributed by atoms with Crippen molar-refractivity contribution in [1.29, 1.82) is 0 Å². The summed E-state index contributed by atoms with van der Waals surface area (Å²) >= 11 is 0. The maximum absolute atomic E-state index is 5.24. The van der Waals surface area contributed by atoms with Crippen molar-refractivity contribution in [3.63, 3.8) is 0 Å². The van der Waals surface area contributed by atoms with Gasteiger partial charge in [0.2, 0.25) is 0 Å². The second-order valence-corrected chi connectivity index (χ2v) is 2.53. The van der Waals surface area contributed by atoms with Crippen molar-refractivity contribution < 1.29 is 0 Å². The Hall–Kier alpha value is -0.960. The van der Waals surface area contributed by atoms with Crippen molar-refractivity contribution in [3.05, 3.63) is 23.8 Å². The number of hydrogen-bond donors (Lipinski definition) is 0. The van der Waals surface area contributed by atoms with Crippen LogP contribution in [0.3, 0.4) is 0 Å². The van der Waals surface area contributed by atoms with E-state index < -0.39 is 0 Å². The fourth-order valence-electron chi connectivity index (χ4n) is 0.672. The molecule has 0 aliphatic rings. The lowest BCUT2D eigenvalue weighted by Gasteiger charge is -2.07. The van der Waals surface area contributed by atoms with Gasteiger partial charge in [-0.05, 0) is 18.4 Å². The van der Waals surface area contributed by atoms with E-state index in [4.69, 9.17) is 6.42 Å². The van der Waals surface area contributed by atoms with Gasteiger partial charge in [0.25, 0.3) is 0 Å². The van der Waals surface area contributed by atoms with Crippen LogP contribution >= 0.6 is 0 Å². The fourth-order valence-corrected chi connectivity index (χ4v) is 0.672. The molecule has 0 aliphatic carbocycles. The van der Waals surface area contributed by atoms with Crippen molar-refractivity contribution in [2.75, 3.05) is 0 Å². The van der Waals surface area contributed by atoms with E-state index >= 15 is 0 Å². The highest BCUT2D eigenvalue weighted by atomic mass is 14.1. The highest BCUT2D eigenvalue weighted by Gasteiger charge is 2.01. The Balaban J connectivity index is 4.38. The highest BCUT2D eigenvalue weighted by molar-refractivity contribution is 5.42. The first kappa shape index (κ1) is 9.04. The minimum Gasteiger partial charge on any atom is -0.115 e. The number of terminal acetylenes is 1. The van der Waals surface area contributed by atoms with Gasteiger partial charge in [0.1, 0.15) is 0 Å². The van der Waals surface area contributed by atoms with Gasteiger partial charge in [-0.1, -0.05) is 32.4 Å². The van der Waals surface area contributed by atoms with Crippen LogP contribution in [0.25, 0.3) is 0 Å². The maximum atomic E-state index is 5.24. The van der Waals surface area contributed by atoms with E-state index in [0.717, 1.165) is 11.1 Å². The van der Waals surface area contributed by atoms with Crippen LogP contribution in [0.15, 0.2) is 23.8 Å². The molecule has 0 saturated carbocycles. The molecule has 0 fully saturated rings. The normalized spacial score (nSPS) is 11.3. The Labute approximate surface area is 63.6 Å². The molecule has 0 aromatic rings. The minimum absolute atomic E-state index is 0.447. The standard InChI is InChI=1S/C10H14/c1-6-10(7-2)9(5)8(3)4/h1,7-8H,5H2,2-4H3. The average Bonchev–Trinajstić information content (AvgIpc) is 1.90. The average molecular weight is 134 g/mol. The molecule has 0 unspecified atom stereocenters. The van der Waals surface area contributed by atoms with Gasteiger partial charge in [0, 0.05) is 5.57 Å². The first-order chi connectivity index (χ1) is 4.63. The van der Waals surface area contributed by atoms with Crippen LogP contribution in [0.1, 0.15) is 20.8 Å². The van der Waals surface area contributed by atoms with E-state index in [2.05, 4.69) is 26.3 Å². The third-order valence-electron chi connectivity index (χ3n) is 1.49. The number of allylic oxidation sites excluding steroid dienone is 3. The topological polar surface area (TPSA) is 0 Å². The van der Waals surface area contributed by atoms with Crippen LogP contribution in [0, 0.1) is 18.3 Å². The van der Waals surface area contributed by atoms with Crippen LogP contribution in [0.5, 0.6) is 0 Å². The van der Waals surface area contributed by atoms with Gasteiger partial charge in [-0.25, -0.2) is 0 Å². The Bertz CT molecular complexity index is 187. The summed E-state index contributed by atoms with van der Waals surface area (Å²) in [5.74, 6) is 3.04. The molecule has 0 nitrogen and oxygen atoms in total. The molecule has 0 heterocycles. The molecule has 0 aliphatic heterocycles. The summed E-state index contributed by atoms with van der Waals surface area (Å²) in [5, 5.41) is 0. The zero-order valence-corrected chi connectivity index (χ0v) is 6.94. The monoisotopic (exact) mass is 134 g/mol. The SMILES string of the molecule is C#CC(=CC)C(=C)C(C)C. The molecular weight excluding hydrogens is 120 g/mol. The van der Waals surface area contributed by atoms with E-state index in [-0.39, 0.29) is 0 Å². The van der Waals surface area contributed by atoms with Gasteiger partial charge in [-0.3, -0.25) is 0 Å². The second kappa shape index (κ2) is 3.95. The summed E-state index contributed by atoms with van der Waals surface area (Å²) in [7, 11) is 0. The van der Waals surface area contributed by atoms with Crippen molar-refractivity contribution >= 4 is 0 Å². The first-order valence-corrected chi connectivity index (χ1v) is 3.45. The third kappa shape index (κ3) is 2.11. The molecule has 0 heteroatoms. The van der Waals surface area contributed by atoms with E-state index in [0.29, 0.717) is 5.92 Å². The van der Waals surface area contributed by atoms with E-state index in [1.165, 1.54) is 0 Å². The molecule has 0 bridgehead atoms. The Morgan fingerprint density at radius 3 is 2.20 bits per heavy atom. The fraction of sp³-hybridized carbons (Fsp3) is 0.400. The number of hydrogen-bond acceptors (Lipinski definition) is 0. The van der Waals surface area contributed by atoms with Crippen molar-refractivity contribution in [3.8, 4) is 12.3 Å². The molecule has 0 spiro atoms. The van der Waals surface area contributed by atoms with E-state index in [9.17, 15) is 0 Å². The van der Waals surface area contributed by atoms with Crippen molar-refractivity contribution in [1.82, 2.24) is 0 Å². The molecule has 0 saturated heterocycles. The summed E-state index contributed by atoms with van der Waals surface area (Å²) in [6.07, 6.45) is 7.16. The van der Waals surface area contributed by atoms with Crippen LogP contribution in [-0.4, -0.2) is 0 Å². The Morgan fingerprint density at radius 1 is 1.60 bits per heavy atom. The molecule has 0 rings (SSSR count).